The first-order valence-corrected chi connectivity index (χ1v) is 10.1. The minimum absolute atomic E-state index is 0.0183. The van der Waals surface area contributed by atoms with E-state index in [9.17, 15) is 12.8 Å². The van der Waals surface area contributed by atoms with E-state index in [1.54, 1.807) is 0 Å². The maximum atomic E-state index is 13.3. The summed E-state index contributed by atoms with van der Waals surface area (Å²) in [4.78, 5) is 2.18. The van der Waals surface area contributed by atoms with Crippen LogP contribution >= 0.6 is 11.6 Å². The predicted octanol–water partition coefficient (Wildman–Crippen LogP) is 2.86. The third-order valence-corrected chi connectivity index (χ3v) is 6.46. The Morgan fingerprint density at radius 3 is 2.38 bits per heavy atom. The van der Waals surface area contributed by atoms with E-state index >= 15 is 0 Å². The number of sulfonamides is 1. The number of ether oxygens (including phenoxy) is 1. The van der Waals surface area contributed by atoms with E-state index in [4.69, 9.17) is 16.3 Å². The molecule has 3 rings (SSSR count). The van der Waals surface area contributed by atoms with Crippen molar-refractivity contribution < 1.29 is 17.5 Å². The highest BCUT2D eigenvalue weighted by Gasteiger charge is 2.28. The Balaban J connectivity index is 1.52. The van der Waals surface area contributed by atoms with Gasteiger partial charge in [-0.1, -0.05) is 29.8 Å². The van der Waals surface area contributed by atoms with Gasteiger partial charge in [0.25, 0.3) is 0 Å². The number of halogens is 2. The molecule has 140 valence electrons. The van der Waals surface area contributed by atoms with Crippen LogP contribution in [0.4, 0.5) is 4.39 Å². The molecule has 0 aromatic heterocycles. The molecule has 26 heavy (non-hydrogen) atoms. The maximum absolute atomic E-state index is 13.3. The molecule has 1 heterocycles. The standard InChI is InChI=1S/C18H20ClFN2O3S/c19-17-14-16(6-7-18(17)20)26(23,24)22-10-8-21(9-11-22)12-13-25-15-4-2-1-3-5-15/h1-7,14H,8-13H2. The molecule has 0 aliphatic carbocycles. The fourth-order valence-corrected chi connectivity index (χ4v) is 4.48. The largest absolute Gasteiger partial charge is 0.492 e. The van der Waals surface area contributed by atoms with Crippen molar-refractivity contribution >= 4 is 21.6 Å². The highest BCUT2D eigenvalue weighted by molar-refractivity contribution is 7.89. The van der Waals surface area contributed by atoms with Crippen LogP contribution in [-0.4, -0.2) is 57.0 Å². The normalized spacial score (nSPS) is 16.5. The van der Waals surface area contributed by atoms with E-state index in [1.807, 2.05) is 30.3 Å². The van der Waals surface area contributed by atoms with Gasteiger partial charge in [-0.3, -0.25) is 4.90 Å². The summed E-state index contributed by atoms with van der Waals surface area (Å²) in [5.41, 5.74) is 0. The van der Waals surface area contributed by atoms with Crippen molar-refractivity contribution in [2.24, 2.45) is 0 Å². The molecule has 2 aromatic rings. The van der Waals surface area contributed by atoms with Crippen molar-refractivity contribution in [3.05, 3.63) is 59.4 Å². The molecular weight excluding hydrogens is 379 g/mol. The van der Waals surface area contributed by atoms with Crippen molar-refractivity contribution in [3.8, 4) is 5.75 Å². The molecule has 0 atom stereocenters. The van der Waals surface area contributed by atoms with Gasteiger partial charge in [0, 0.05) is 32.7 Å². The van der Waals surface area contributed by atoms with E-state index in [0.717, 1.165) is 24.4 Å². The number of hydrogen-bond donors (Lipinski definition) is 0. The van der Waals surface area contributed by atoms with Gasteiger partial charge in [0.15, 0.2) is 0 Å². The summed E-state index contributed by atoms with van der Waals surface area (Å²) in [6, 6.07) is 13.0. The molecule has 5 nitrogen and oxygen atoms in total. The van der Waals surface area contributed by atoms with Crippen molar-refractivity contribution in [2.75, 3.05) is 39.3 Å². The SMILES string of the molecule is O=S(=O)(c1ccc(F)c(Cl)c1)N1CCN(CCOc2ccccc2)CC1. The first-order chi connectivity index (χ1) is 12.5. The Morgan fingerprint density at radius 2 is 1.73 bits per heavy atom. The highest BCUT2D eigenvalue weighted by atomic mass is 35.5. The third kappa shape index (κ3) is 4.54. The van der Waals surface area contributed by atoms with Crippen LogP contribution in [0.2, 0.25) is 5.02 Å². The third-order valence-electron chi connectivity index (χ3n) is 4.28. The monoisotopic (exact) mass is 398 g/mol. The lowest BCUT2D eigenvalue weighted by Gasteiger charge is -2.33. The Hall–Kier alpha value is -1.67. The lowest BCUT2D eigenvalue weighted by atomic mass is 10.3. The van der Waals surface area contributed by atoms with E-state index in [1.165, 1.54) is 10.4 Å². The molecule has 8 heteroatoms. The second kappa shape index (κ2) is 8.35. The summed E-state index contributed by atoms with van der Waals surface area (Å²) in [5.74, 6) is 0.191. The zero-order valence-electron chi connectivity index (χ0n) is 14.1. The molecule has 1 aliphatic heterocycles. The molecule has 1 aliphatic rings. The minimum Gasteiger partial charge on any atom is -0.492 e. The number of benzene rings is 2. The van der Waals surface area contributed by atoms with Gasteiger partial charge in [0.05, 0.1) is 9.92 Å². The van der Waals surface area contributed by atoms with Crippen molar-refractivity contribution in [3.63, 3.8) is 0 Å². The first kappa shape index (κ1) is 19.1. The Bertz CT molecular complexity index is 841. The molecule has 0 bridgehead atoms. The topological polar surface area (TPSA) is 49.9 Å². The molecule has 0 N–H and O–H groups in total. The van der Waals surface area contributed by atoms with Gasteiger partial charge in [-0.15, -0.1) is 0 Å². The summed E-state index contributed by atoms with van der Waals surface area (Å²) >= 11 is 5.71. The number of nitrogens with zero attached hydrogens (tertiary/aromatic N) is 2. The predicted molar refractivity (Wildman–Crippen MR) is 98.5 cm³/mol. The molecule has 0 saturated carbocycles. The molecule has 1 fully saturated rings. The number of piperazine rings is 1. The van der Waals surface area contributed by atoms with Crippen LogP contribution in [-0.2, 0) is 10.0 Å². The average molecular weight is 399 g/mol. The summed E-state index contributed by atoms with van der Waals surface area (Å²) < 4.78 is 45.7. The van der Waals surface area contributed by atoms with Gasteiger partial charge in [0.2, 0.25) is 10.0 Å². The second-order valence-corrected chi connectivity index (χ2v) is 8.33. The Labute approximate surface area is 158 Å². The average Bonchev–Trinajstić information content (AvgIpc) is 2.65. The minimum atomic E-state index is -3.66. The van der Waals surface area contributed by atoms with Gasteiger partial charge in [0.1, 0.15) is 18.2 Å². The van der Waals surface area contributed by atoms with Gasteiger partial charge in [-0.2, -0.15) is 4.31 Å². The van der Waals surface area contributed by atoms with Crippen molar-refractivity contribution in [1.29, 1.82) is 0 Å². The van der Waals surface area contributed by atoms with Gasteiger partial charge in [-0.25, -0.2) is 12.8 Å². The van der Waals surface area contributed by atoms with Crippen molar-refractivity contribution in [2.45, 2.75) is 4.90 Å². The lowest BCUT2D eigenvalue weighted by molar-refractivity contribution is 0.159. The lowest BCUT2D eigenvalue weighted by Crippen LogP contribution is -2.49. The van der Waals surface area contributed by atoms with Crippen LogP contribution in [0.5, 0.6) is 5.75 Å². The number of para-hydroxylation sites is 1. The van der Waals surface area contributed by atoms with E-state index in [0.29, 0.717) is 32.8 Å². The Morgan fingerprint density at radius 1 is 1.04 bits per heavy atom. The smallest absolute Gasteiger partial charge is 0.243 e. The number of rotatable bonds is 6. The Kier molecular flexibility index (Phi) is 6.13. The summed E-state index contributed by atoms with van der Waals surface area (Å²) in [6.07, 6.45) is 0. The molecule has 0 spiro atoms. The van der Waals surface area contributed by atoms with Crippen LogP contribution < -0.4 is 4.74 Å². The number of hydrogen-bond acceptors (Lipinski definition) is 4. The molecule has 0 unspecified atom stereocenters. The molecule has 0 radical (unpaired) electrons. The molecule has 1 saturated heterocycles. The van der Waals surface area contributed by atoms with E-state index < -0.39 is 15.8 Å². The maximum Gasteiger partial charge on any atom is 0.243 e. The van der Waals surface area contributed by atoms with Crippen LogP contribution in [0.15, 0.2) is 53.4 Å². The fraction of sp³-hybridized carbons (Fsp3) is 0.333. The van der Waals surface area contributed by atoms with Gasteiger partial charge < -0.3 is 4.74 Å². The fourth-order valence-electron chi connectivity index (χ4n) is 2.79. The van der Waals surface area contributed by atoms with E-state index in [-0.39, 0.29) is 9.92 Å². The van der Waals surface area contributed by atoms with Gasteiger partial charge in [-0.05, 0) is 30.3 Å². The molecule has 2 aromatic carbocycles. The second-order valence-electron chi connectivity index (χ2n) is 5.98. The summed E-state index contributed by atoms with van der Waals surface area (Å²) in [5, 5.41) is -0.192. The molecule has 0 amide bonds. The van der Waals surface area contributed by atoms with Crippen LogP contribution in [0.1, 0.15) is 0 Å². The van der Waals surface area contributed by atoms with Crippen LogP contribution in [0.25, 0.3) is 0 Å². The summed E-state index contributed by atoms with van der Waals surface area (Å²) in [7, 11) is -3.66. The zero-order valence-corrected chi connectivity index (χ0v) is 15.7. The zero-order chi connectivity index (χ0) is 18.6. The summed E-state index contributed by atoms with van der Waals surface area (Å²) in [6.45, 7) is 3.26. The highest BCUT2D eigenvalue weighted by Crippen LogP contribution is 2.23. The van der Waals surface area contributed by atoms with Crippen LogP contribution in [0.3, 0.4) is 0 Å². The quantitative estimate of drug-likeness (QED) is 0.750. The van der Waals surface area contributed by atoms with Crippen LogP contribution in [0, 0.1) is 5.82 Å². The van der Waals surface area contributed by atoms with Crippen molar-refractivity contribution in [1.82, 2.24) is 9.21 Å². The molecular formula is C18H20ClFN2O3S. The first-order valence-electron chi connectivity index (χ1n) is 8.32. The van der Waals surface area contributed by atoms with Gasteiger partial charge >= 0.3 is 0 Å². The van der Waals surface area contributed by atoms with E-state index in [2.05, 4.69) is 4.90 Å².